The summed E-state index contributed by atoms with van der Waals surface area (Å²) < 4.78 is 0. The molecular formula is C19H24N2O2. The zero-order chi connectivity index (χ0) is 16.2. The summed E-state index contributed by atoms with van der Waals surface area (Å²) in [7, 11) is 0. The van der Waals surface area contributed by atoms with E-state index in [1.54, 1.807) is 0 Å². The number of likely N-dealkylation sites (tertiary alicyclic amines) is 1. The lowest BCUT2D eigenvalue weighted by molar-refractivity contribution is -0.133. The van der Waals surface area contributed by atoms with Crippen LogP contribution in [0, 0.1) is 5.92 Å². The molecule has 4 rings (SSSR count). The van der Waals surface area contributed by atoms with E-state index in [2.05, 4.69) is 25.2 Å². The molecule has 1 aliphatic carbocycles. The minimum Gasteiger partial charge on any atom is -0.372 e. The Balaban J connectivity index is 1.53. The Morgan fingerprint density at radius 3 is 2.57 bits per heavy atom. The van der Waals surface area contributed by atoms with E-state index in [0.29, 0.717) is 24.9 Å². The van der Waals surface area contributed by atoms with Gasteiger partial charge >= 0.3 is 0 Å². The van der Waals surface area contributed by atoms with Crippen molar-refractivity contribution in [1.29, 1.82) is 0 Å². The molecule has 0 aromatic heterocycles. The molecule has 0 bridgehead atoms. The summed E-state index contributed by atoms with van der Waals surface area (Å²) in [5.41, 5.74) is 2.51. The number of Topliss-reactive ketones (excluding diaryl/α,β-unsaturated/α-hetero) is 1. The largest absolute Gasteiger partial charge is 0.372 e. The molecule has 2 heterocycles. The van der Waals surface area contributed by atoms with Gasteiger partial charge < -0.3 is 10.2 Å². The molecule has 2 aliphatic heterocycles. The van der Waals surface area contributed by atoms with Crippen LogP contribution in [-0.4, -0.2) is 35.2 Å². The van der Waals surface area contributed by atoms with E-state index in [0.717, 1.165) is 36.9 Å². The molecule has 1 saturated carbocycles. The van der Waals surface area contributed by atoms with E-state index < -0.39 is 5.54 Å². The number of carbonyl (C=O) groups is 2. The lowest BCUT2D eigenvalue weighted by Crippen LogP contribution is -2.53. The van der Waals surface area contributed by atoms with E-state index in [1.807, 2.05) is 17.0 Å². The number of hydrogen-bond acceptors (Lipinski definition) is 3. The van der Waals surface area contributed by atoms with Crippen molar-refractivity contribution in [2.24, 2.45) is 5.92 Å². The minimum atomic E-state index is -0.488. The van der Waals surface area contributed by atoms with E-state index in [9.17, 15) is 9.59 Å². The van der Waals surface area contributed by atoms with Gasteiger partial charge in [0, 0.05) is 30.3 Å². The summed E-state index contributed by atoms with van der Waals surface area (Å²) in [5, 5.41) is 3.48. The zero-order valence-electron chi connectivity index (χ0n) is 13.9. The first-order valence-electron chi connectivity index (χ1n) is 8.76. The molecule has 4 heteroatoms. The molecule has 1 spiro atoms. The molecule has 1 saturated heterocycles. The van der Waals surface area contributed by atoms with Crippen LogP contribution in [0.25, 0.3) is 0 Å². The van der Waals surface area contributed by atoms with Gasteiger partial charge in [-0.2, -0.15) is 0 Å². The van der Waals surface area contributed by atoms with Crippen LogP contribution >= 0.6 is 0 Å². The van der Waals surface area contributed by atoms with Crippen LogP contribution in [-0.2, 0) is 4.79 Å². The Morgan fingerprint density at radius 2 is 1.96 bits per heavy atom. The van der Waals surface area contributed by atoms with Crippen molar-refractivity contribution in [1.82, 2.24) is 4.90 Å². The van der Waals surface area contributed by atoms with Crippen molar-refractivity contribution in [2.75, 3.05) is 18.4 Å². The molecule has 0 unspecified atom stereocenters. The number of nitrogens with one attached hydrogen (secondary N) is 1. The Bertz CT molecular complexity index is 668. The Labute approximate surface area is 137 Å². The van der Waals surface area contributed by atoms with E-state index >= 15 is 0 Å². The third-order valence-corrected chi connectivity index (χ3v) is 5.62. The molecule has 0 radical (unpaired) electrons. The molecule has 1 amide bonds. The standard InChI is InChI=1S/C19H24N2O2/c1-12(2)14-5-6-16-15(11-14)17(22)19(20-16)7-9-21(10-8-19)18(23)13-3-4-13/h5-6,11-13,20H,3-4,7-10H2,1-2H3. The lowest BCUT2D eigenvalue weighted by atomic mass is 9.83. The first-order chi connectivity index (χ1) is 11.0. The highest BCUT2D eigenvalue weighted by Gasteiger charge is 2.48. The maximum absolute atomic E-state index is 13.0. The average molecular weight is 312 g/mol. The van der Waals surface area contributed by atoms with Crippen LogP contribution in [0.15, 0.2) is 18.2 Å². The molecule has 23 heavy (non-hydrogen) atoms. The molecule has 3 aliphatic rings. The molecule has 1 aromatic carbocycles. The fourth-order valence-corrected chi connectivity index (χ4v) is 3.84. The van der Waals surface area contributed by atoms with Crippen LogP contribution < -0.4 is 5.32 Å². The van der Waals surface area contributed by atoms with Crippen LogP contribution in [0.4, 0.5) is 5.69 Å². The number of rotatable bonds is 2. The molecule has 2 fully saturated rings. The topological polar surface area (TPSA) is 49.4 Å². The predicted octanol–water partition coefficient (Wildman–Crippen LogP) is 3.19. The molecule has 1 aromatic rings. The highest BCUT2D eigenvalue weighted by molar-refractivity contribution is 6.13. The van der Waals surface area contributed by atoms with E-state index in [1.165, 1.54) is 5.56 Å². The van der Waals surface area contributed by atoms with Crippen molar-refractivity contribution in [2.45, 2.75) is 51.0 Å². The first kappa shape index (κ1) is 14.7. The fourth-order valence-electron chi connectivity index (χ4n) is 3.84. The van der Waals surface area contributed by atoms with Gasteiger partial charge in [0.2, 0.25) is 5.91 Å². The molecule has 0 atom stereocenters. The van der Waals surface area contributed by atoms with Gasteiger partial charge in [-0.3, -0.25) is 9.59 Å². The zero-order valence-corrected chi connectivity index (χ0v) is 13.9. The van der Waals surface area contributed by atoms with Crippen molar-refractivity contribution in [3.8, 4) is 0 Å². The van der Waals surface area contributed by atoms with Gasteiger partial charge in [0.25, 0.3) is 0 Å². The predicted molar refractivity (Wildman–Crippen MR) is 89.8 cm³/mol. The van der Waals surface area contributed by atoms with Gasteiger partial charge in [-0.15, -0.1) is 0 Å². The van der Waals surface area contributed by atoms with Gasteiger partial charge in [0.05, 0.1) is 0 Å². The molecule has 4 nitrogen and oxygen atoms in total. The van der Waals surface area contributed by atoms with Crippen molar-refractivity contribution >= 4 is 17.4 Å². The second-order valence-corrected chi connectivity index (χ2v) is 7.60. The second-order valence-electron chi connectivity index (χ2n) is 7.60. The SMILES string of the molecule is CC(C)c1ccc2c(c1)C(=O)C1(CCN(C(=O)C3CC3)CC1)N2. The van der Waals surface area contributed by atoms with Gasteiger partial charge in [-0.1, -0.05) is 19.9 Å². The number of ketones is 1. The number of benzene rings is 1. The summed E-state index contributed by atoms with van der Waals surface area (Å²) in [6.45, 7) is 5.68. The number of fused-ring (bicyclic) bond motifs is 1. The first-order valence-corrected chi connectivity index (χ1v) is 8.76. The monoisotopic (exact) mass is 312 g/mol. The third-order valence-electron chi connectivity index (χ3n) is 5.62. The fraction of sp³-hybridized carbons (Fsp3) is 0.579. The van der Waals surface area contributed by atoms with Gasteiger partial charge in [0.1, 0.15) is 5.54 Å². The highest BCUT2D eigenvalue weighted by Crippen LogP contribution is 2.41. The number of anilines is 1. The van der Waals surface area contributed by atoms with Crippen molar-refractivity contribution < 1.29 is 9.59 Å². The Kier molecular flexibility index (Phi) is 3.26. The van der Waals surface area contributed by atoms with Crippen molar-refractivity contribution in [3.05, 3.63) is 29.3 Å². The summed E-state index contributed by atoms with van der Waals surface area (Å²) >= 11 is 0. The smallest absolute Gasteiger partial charge is 0.225 e. The summed E-state index contributed by atoms with van der Waals surface area (Å²) in [6.07, 6.45) is 3.52. The highest BCUT2D eigenvalue weighted by atomic mass is 16.2. The number of piperidine rings is 1. The Hall–Kier alpha value is -1.84. The molecule has 122 valence electrons. The lowest BCUT2D eigenvalue weighted by Gasteiger charge is -2.38. The van der Waals surface area contributed by atoms with E-state index in [-0.39, 0.29) is 11.7 Å². The summed E-state index contributed by atoms with van der Waals surface area (Å²) in [5.74, 6) is 1.20. The van der Waals surface area contributed by atoms with Gasteiger partial charge in [-0.25, -0.2) is 0 Å². The average Bonchev–Trinajstić information content (AvgIpc) is 3.36. The van der Waals surface area contributed by atoms with Gasteiger partial charge in [0.15, 0.2) is 5.78 Å². The number of amides is 1. The minimum absolute atomic E-state index is 0.216. The maximum Gasteiger partial charge on any atom is 0.225 e. The van der Waals surface area contributed by atoms with Gasteiger partial charge in [-0.05, 0) is 49.3 Å². The third kappa shape index (κ3) is 2.35. The van der Waals surface area contributed by atoms with Crippen LogP contribution in [0.2, 0.25) is 0 Å². The number of hydrogen-bond donors (Lipinski definition) is 1. The number of carbonyl (C=O) groups excluding carboxylic acids is 2. The maximum atomic E-state index is 13.0. The number of nitrogens with zero attached hydrogens (tertiary/aromatic N) is 1. The van der Waals surface area contributed by atoms with Crippen LogP contribution in [0.5, 0.6) is 0 Å². The Morgan fingerprint density at radius 1 is 1.26 bits per heavy atom. The summed E-state index contributed by atoms with van der Waals surface area (Å²) in [6, 6.07) is 6.19. The normalized spacial score (nSPS) is 22.4. The van der Waals surface area contributed by atoms with E-state index in [4.69, 9.17) is 0 Å². The van der Waals surface area contributed by atoms with Crippen LogP contribution in [0.3, 0.4) is 0 Å². The van der Waals surface area contributed by atoms with Crippen LogP contribution in [0.1, 0.15) is 61.4 Å². The summed E-state index contributed by atoms with van der Waals surface area (Å²) in [4.78, 5) is 27.2. The molecule has 1 N–H and O–H groups in total. The second kappa shape index (κ2) is 5.08. The van der Waals surface area contributed by atoms with Crippen molar-refractivity contribution in [3.63, 3.8) is 0 Å². The molecular weight excluding hydrogens is 288 g/mol. The quantitative estimate of drug-likeness (QED) is 0.912.